The Morgan fingerprint density at radius 3 is 0.972 bits per heavy atom. The van der Waals surface area contributed by atoms with Gasteiger partial charge in [0, 0.05) is 136 Å². The van der Waals surface area contributed by atoms with Gasteiger partial charge in [-0.05, 0) is 220 Å². The van der Waals surface area contributed by atoms with E-state index in [1.807, 2.05) is 13.8 Å². The number of nitrogens with two attached hydrogens (primary N) is 1. The van der Waals surface area contributed by atoms with Crippen LogP contribution in [0.25, 0.3) is 0 Å². The van der Waals surface area contributed by atoms with Crippen LogP contribution in [0.15, 0.2) is 164 Å². The molecule has 0 radical (unpaired) electrons. The second-order valence-electron chi connectivity index (χ2n) is 35.4. The summed E-state index contributed by atoms with van der Waals surface area (Å²) in [5.74, 6) is -0.754. The van der Waals surface area contributed by atoms with E-state index in [4.69, 9.17) is 92.6 Å². The minimum absolute atomic E-state index is 0.112. The molecule has 3 heterocycles. The smallest absolute Gasteiger partial charge is 0.420 e. The third-order valence-electron chi connectivity index (χ3n) is 23.6. The number of halogens is 13. The van der Waals surface area contributed by atoms with E-state index in [1.165, 1.54) is 82.7 Å². The first kappa shape index (κ1) is 114. The van der Waals surface area contributed by atoms with Crippen molar-refractivity contribution in [3.63, 3.8) is 0 Å². The maximum Gasteiger partial charge on any atom is 0.420 e. The van der Waals surface area contributed by atoms with Crippen LogP contribution in [0.2, 0.25) is 15.1 Å². The lowest BCUT2D eigenvalue weighted by Crippen LogP contribution is -2.37. The van der Waals surface area contributed by atoms with E-state index in [0.29, 0.717) is 157 Å². The van der Waals surface area contributed by atoms with Crippen LogP contribution in [0.3, 0.4) is 0 Å². The van der Waals surface area contributed by atoms with Crippen LogP contribution in [-0.4, -0.2) is 161 Å². The average Bonchev–Trinajstić information content (AvgIpc) is 1.68. The number of nitrogens with zero attached hydrogens (tertiary/aromatic N) is 4. The summed E-state index contributed by atoms with van der Waals surface area (Å²) in [6.45, 7) is 24.1. The molecule has 0 fully saturated rings. The van der Waals surface area contributed by atoms with E-state index in [0.717, 1.165) is 24.7 Å². The lowest BCUT2D eigenvalue weighted by atomic mass is 9.90. The highest BCUT2D eigenvalue weighted by atomic mass is 79.9. The van der Waals surface area contributed by atoms with Gasteiger partial charge in [-0.1, -0.05) is 94.1 Å². The van der Waals surface area contributed by atoms with Crippen molar-refractivity contribution in [3.8, 4) is 51.7 Å². The summed E-state index contributed by atoms with van der Waals surface area (Å²) in [5.41, 5.74) is 6.20. The third kappa shape index (κ3) is 31.0. The number of carbonyl (C=O) groups is 6. The SMILES string of the molecule is CCN(C(C)C)C(C)C.COC(=O)C(C)(C)CCOc1cc(N)cc(OC)c1.COC(=O)C(C)(C)CCOc1cc(NC(C(=O)N2CCc3cc(OC)c(C(F)(F)F)cc32)c2ccc(Cl)cc2)cc(OC)c1.COc1cc(NC(C(=O)N2CCc3cc(OC)c(C(F)(F)F)cc32)c2ccc(Cl)cc2)cc(OCCC(C)(C)C(=O)O)c1.COc1cc2c(cc1C(F)(F)F)N(C(=O)C(Br)c1ccc(Cl)cc1)CC2. The number of nitrogens with one attached hydrogen (secondary N) is 2. The van der Waals surface area contributed by atoms with Gasteiger partial charge in [-0.2, -0.15) is 39.5 Å². The topological polar surface area (TPSA) is 287 Å². The van der Waals surface area contributed by atoms with Gasteiger partial charge in [0.1, 0.15) is 68.7 Å². The molecule has 3 atom stereocenters. The zero-order chi connectivity index (χ0) is 105. The number of esters is 2. The average molecular weight is 2100 g/mol. The monoisotopic (exact) mass is 2100 g/mol. The molecule has 5 N–H and O–H groups in total. The summed E-state index contributed by atoms with van der Waals surface area (Å²) >= 11 is 21.4. The Hall–Kier alpha value is -11.9. The van der Waals surface area contributed by atoms with Gasteiger partial charge in [0.25, 0.3) is 11.8 Å². The molecule has 0 saturated carbocycles. The molecule has 38 heteroatoms. The fraction of sp³-hybridized carbons (Fsp3) is 0.417. The van der Waals surface area contributed by atoms with Crippen LogP contribution in [0, 0.1) is 16.2 Å². The number of methoxy groups -OCH3 is 8. The Bertz CT molecular complexity index is 5770. The largest absolute Gasteiger partial charge is 0.497 e. The molecule has 9 aromatic rings. The van der Waals surface area contributed by atoms with Gasteiger partial charge >= 0.3 is 36.4 Å². The minimum Gasteiger partial charge on any atom is -0.497 e. The lowest BCUT2D eigenvalue weighted by molar-refractivity contribution is -0.152. The number of benzene rings is 9. The molecule has 3 aliphatic rings. The van der Waals surface area contributed by atoms with E-state index in [9.17, 15) is 73.4 Å². The first-order valence-corrected chi connectivity index (χ1v) is 46.8. The number of carboxylic acids is 1. The molecule has 0 aliphatic carbocycles. The zero-order valence-corrected chi connectivity index (χ0v) is 85.7. The number of fused-ring (bicyclic) bond motifs is 3. The Kier molecular flexibility index (Phi) is 40.7. The fourth-order valence-corrected chi connectivity index (χ4v) is 16.4. The zero-order valence-electron chi connectivity index (χ0n) is 81.8. The second kappa shape index (κ2) is 50.2. The van der Waals surface area contributed by atoms with Gasteiger partial charge in [0.15, 0.2) is 0 Å². The van der Waals surface area contributed by atoms with Gasteiger partial charge < -0.3 is 88.3 Å². The van der Waals surface area contributed by atoms with Crippen molar-refractivity contribution in [2.24, 2.45) is 16.2 Å². The molecule has 12 rings (SSSR count). The van der Waals surface area contributed by atoms with Gasteiger partial charge in [-0.15, -0.1) is 0 Å². The molecule has 0 bridgehead atoms. The molecule has 0 saturated heterocycles. The van der Waals surface area contributed by atoms with Crippen molar-refractivity contribution in [1.82, 2.24) is 4.90 Å². The van der Waals surface area contributed by atoms with Crippen LogP contribution in [0.4, 0.5) is 73.6 Å². The maximum atomic E-state index is 14.1. The highest BCUT2D eigenvalue weighted by molar-refractivity contribution is 9.09. The quantitative estimate of drug-likeness (QED) is 0.0126. The minimum atomic E-state index is -4.68. The number of amides is 3. The van der Waals surface area contributed by atoms with E-state index in [2.05, 4.69) is 66.1 Å². The van der Waals surface area contributed by atoms with Crippen LogP contribution in [-0.2, 0) is 76.0 Å². The third-order valence-corrected chi connectivity index (χ3v) is 25.3. The van der Waals surface area contributed by atoms with Gasteiger partial charge in [-0.3, -0.25) is 33.7 Å². The number of rotatable bonds is 34. The highest BCUT2D eigenvalue weighted by Gasteiger charge is 2.44. The summed E-state index contributed by atoms with van der Waals surface area (Å²) in [7, 11) is 10.8. The van der Waals surface area contributed by atoms with Crippen LogP contribution >= 0.6 is 50.7 Å². The molecule has 3 aliphatic heterocycles. The van der Waals surface area contributed by atoms with Crippen LogP contribution < -0.4 is 73.7 Å². The number of carboxylic acid groups (broad SMARTS) is 1. The van der Waals surface area contributed by atoms with Crippen molar-refractivity contribution in [3.05, 3.63) is 229 Å². The molecule has 3 amide bonds. The maximum absolute atomic E-state index is 14.1. The van der Waals surface area contributed by atoms with E-state index < -0.39 is 86.2 Å². The molecule has 3 unspecified atom stereocenters. The van der Waals surface area contributed by atoms with Crippen molar-refractivity contribution >= 4 is 120 Å². The predicted molar refractivity (Wildman–Crippen MR) is 530 cm³/mol. The lowest BCUT2D eigenvalue weighted by Gasteiger charge is -2.28. The first-order chi connectivity index (χ1) is 66.2. The molecule has 25 nitrogen and oxygen atoms in total. The van der Waals surface area contributed by atoms with Crippen molar-refractivity contribution in [2.75, 3.05) is 134 Å². The normalized spacial score (nSPS) is 13.4. The standard InChI is InChI=1S/C32H34ClF3N2O6.C31H32ClF3N2O6.C18H14BrClF3NO2.C14H21NO4.C8H19N/c1-31(2,30(40)43-5)11-13-44-24-16-22(15-23(17-24)41-3)37-28(19-6-8-21(33)9-7-19)29(39)38-12-10-20-14-27(42-4)25(18-26(20)38)32(34,35)36;1-30(2,29(39)40)10-12-43-23-15-21(14-22(16-23)41-3)36-27(18-5-7-20(32)8-6-18)28(38)37-11-9-19-13-26(42-4)24(17-25(19)37)31(33,34)35;1-26-15-8-11-6-7-24(14(11)9-13(15)18(21,22)23)17(25)16(19)10-2-4-12(20)5-3-10;1-14(2,13(16)18-4)5-6-19-12-8-10(15)7-11(9-12)17-3;1-6-9(7(2)3)8(4)5/h6-9,14-18,28,37H,10-13H2,1-5H3;5-8,13-17,27,36H,9-12H2,1-4H3,(H,39,40);2-5,8-9,16H,6-7H2,1H3;7-9H,5-6,15H2,1-4H3;7-8H,6H2,1-5H3. The number of ether oxygens (including phenoxy) is 11. The van der Waals surface area contributed by atoms with Crippen molar-refractivity contribution < 1.29 is 125 Å². The number of hydrogen-bond acceptors (Lipinski definition) is 21. The van der Waals surface area contributed by atoms with Crippen molar-refractivity contribution in [1.29, 1.82) is 0 Å². The predicted octanol–water partition coefficient (Wildman–Crippen LogP) is 23.8. The molecular weight excluding hydrogens is 1980 g/mol. The number of nitrogen functional groups attached to an aromatic ring is 1. The Morgan fingerprint density at radius 1 is 0.411 bits per heavy atom. The Balaban J connectivity index is 0.000000232. The number of aliphatic carboxylic acids is 1. The summed E-state index contributed by atoms with van der Waals surface area (Å²) in [6.07, 6.45) is -11.6. The van der Waals surface area contributed by atoms with Gasteiger partial charge in [0.2, 0.25) is 5.91 Å². The number of anilines is 6. The Labute approximate surface area is 839 Å². The summed E-state index contributed by atoms with van der Waals surface area (Å²) in [4.78, 5) is 81.9. The summed E-state index contributed by atoms with van der Waals surface area (Å²) in [6, 6.07) is 41.3. The number of alkyl halides is 10. The number of carbonyl (C=O) groups excluding carboxylic acids is 5. The fourth-order valence-electron chi connectivity index (χ4n) is 15.5. The number of hydrogen-bond donors (Lipinski definition) is 4. The molecule has 766 valence electrons. The van der Waals surface area contributed by atoms with Crippen LogP contribution in [0.1, 0.15) is 162 Å². The van der Waals surface area contributed by atoms with Gasteiger partial charge in [0.05, 0.1) is 110 Å². The van der Waals surface area contributed by atoms with E-state index >= 15 is 0 Å². The van der Waals surface area contributed by atoms with Crippen LogP contribution in [0.5, 0.6) is 51.7 Å². The van der Waals surface area contributed by atoms with Gasteiger partial charge in [-0.25, -0.2) is 0 Å². The Morgan fingerprint density at radius 2 is 0.695 bits per heavy atom. The second-order valence-corrected chi connectivity index (χ2v) is 37.6. The highest BCUT2D eigenvalue weighted by Crippen LogP contribution is 2.49. The molecular formula is C103H120BrCl3F9N7O18. The molecule has 0 spiro atoms. The molecule has 9 aromatic carbocycles. The molecule has 0 aromatic heterocycles. The van der Waals surface area contributed by atoms with E-state index in [-0.39, 0.29) is 84.9 Å². The van der Waals surface area contributed by atoms with Crippen molar-refractivity contribution in [2.45, 2.75) is 162 Å². The van der Waals surface area contributed by atoms with E-state index in [1.54, 1.807) is 162 Å². The summed E-state index contributed by atoms with van der Waals surface area (Å²) in [5, 5.41) is 17.2. The molecule has 141 heavy (non-hydrogen) atoms. The first-order valence-electron chi connectivity index (χ1n) is 44.8. The summed E-state index contributed by atoms with van der Waals surface area (Å²) < 4.78 is 181.